The van der Waals surface area contributed by atoms with Gasteiger partial charge in [-0.3, -0.25) is 0 Å². The van der Waals surface area contributed by atoms with E-state index in [9.17, 15) is 17.2 Å². The van der Waals surface area contributed by atoms with Crippen LogP contribution in [0.5, 0.6) is 5.75 Å². The molecule has 0 amide bonds. The van der Waals surface area contributed by atoms with Crippen molar-refractivity contribution >= 4 is 9.84 Å². The van der Waals surface area contributed by atoms with Crippen molar-refractivity contribution in [2.75, 3.05) is 19.1 Å². The monoisotopic (exact) mass is 293 g/mol. The van der Waals surface area contributed by atoms with E-state index in [1.54, 1.807) is 25.2 Å². The van der Waals surface area contributed by atoms with E-state index in [0.29, 0.717) is 12.0 Å². The summed E-state index contributed by atoms with van der Waals surface area (Å²) >= 11 is 0. The average molecular weight is 293 g/mol. The molecular weight excluding hydrogens is 276 g/mol. The predicted octanol–water partition coefficient (Wildman–Crippen LogP) is 1.98. The Morgan fingerprint density at radius 1 is 1.32 bits per heavy atom. The number of sulfone groups is 1. The Bertz CT molecular complexity index is 505. The van der Waals surface area contributed by atoms with E-state index < -0.39 is 16.4 Å². The average Bonchev–Trinajstić information content (AvgIpc) is 2.29. The highest BCUT2D eigenvalue weighted by atomic mass is 32.2. The molecule has 0 spiro atoms. The van der Waals surface area contributed by atoms with Gasteiger partial charge in [-0.15, -0.1) is 0 Å². The fourth-order valence-electron chi connectivity index (χ4n) is 1.76. The first kappa shape index (κ1) is 15.8. The first-order valence-electron chi connectivity index (χ1n) is 5.72. The molecule has 0 aromatic heterocycles. The first-order chi connectivity index (χ1) is 8.83. The minimum absolute atomic E-state index is 0.0263. The Morgan fingerprint density at radius 3 is 2.47 bits per heavy atom. The van der Waals surface area contributed by atoms with Crippen LogP contribution >= 0.6 is 0 Å². The Morgan fingerprint density at radius 2 is 1.95 bits per heavy atom. The lowest BCUT2D eigenvalue weighted by Gasteiger charge is -2.19. The van der Waals surface area contributed by atoms with Crippen molar-refractivity contribution in [2.45, 2.75) is 19.1 Å². The molecule has 1 unspecified atom stereocenters. The Labute approximate surface area is 111 Å². The number of benzene rings is 1. The summed E-state index contributed by atoms with van der Waals surface area (Å²) in [5, 5.41) is 2.92. The number of hydrogen-bond acceptors (Lipinski definition) is 4. The van der Waals surface area contributed by atoms with Gasteiger partial charge in [-0.1, -0.05) is 18.2 Å². The molecule has 0 radical (unpaired) electrons. The Balaban J connectivity index is 2.91. The van der Waals surface area contributed by atoms with E-state index in [4.69, 9.17) is 0 Å². The minimum Gasteiger partial charge on any atom is -0.434 e. The molecule has 0 bridgehead atoms. The van der Waals surface area contributed by atoms with Gasteiger partial charge in [0.15, 0.2) is 0 Å². The normalized spacial score (nSPS) is 13.5. The second-order valence-corrected chi connectivity index (χ2v) is 6.44. The lowest BCUT2D eigenvalue weighted by atomic mass is 10.0. The molecule has 0 fully saturated rings. The van der Waals surface area contributed by atoms with Crippen LogP contribution in [0.15, 0.2) is 24.3 Å². The highest BCUT2D eigenvalue weighted by Crippen LogP contribution is 2.28. The first-order valence-corrected chi connectivity index (χ1v) is 7.78. The number of hydrogen-bond donors (Lipinski definition) is 1. The van der Waals surface area contributed by atoms with Crippen molar-refractivity contribution in [3.05, 3.63) is 29.8 Å². The largest absolute Gasteiger partial charge is 0.434 e. The number of para-hydroxylation sites is 1. The van der Waals surface area contributed by atoms with E-state index in [0.717, 1.165) is 6.26 Å². The van der Waals surface area contributed by atoms with Gasteiger partial charge in [-0.2, -0.15) is 8.78 Å². The summed E-state index contributed by atoms with van der Waals surface area (Å²) < 4.78 is 51.4. The highest BCUT2D eigenvalue weighted by molar-refractivity contribution is 7.90. The lowest BCUT2D eigenvalue weighted by Crippen LogP contribution is -2.21. The van der Waals surface area contributed by atoms with Crippen molar-refractivity contribution < 1.29 is 21.9 Å². The number of alkyl halides is 2. The van der Waals surface area contributed by atoms with Crippen molar-refractivity contribution in [3.8, 4) is 5.75 Å². The molecular formula is C12H17F2NO3S. The minimum atomic E-state index is -3.10. The number of nitrogens with one attached hydrogen (secondary N) is 1. The molecule has 1 atom stereocenters. The van der Waals surface area contributed by atoms with Crippen molar-refractivity contribution in [1.82, 2.24) is 5.32 Å². The summed E-state index contributed by atoms with van der Waals surface area (Å²) in [5.41, 5.74) is 0.522. The zero-order valence-corrected chi connectivity index (χ0v) is 11.6. The van der Waals surface area contributed by atoms with Gasteiger partial charge in [-0.25, -0.2) is 8.42 Å². The zero-order valence-electron chi connectivity index (χ0n) is 10.8. The molecule has 0 saturated carbocycles. The Hall–Kier alpha value is -1.21. The third-order valence-corrected chi connectivity index (χ3v) is 3.61. The summed E-state index contributed by atoms with van der Waals surface area (Å²) in [7, 11) is -1.46. The van der Waals surface area contributed by atoms with Crippen molar-refractivity contribution in [2.24, 2.45) is 0 Å². The molecule has 0 heterocycles. The Kier molecular flexibility index (Phi) is 5.68. The molecule has 0 aliphatic heterocycles. The third kappa shape index (κ3) is 5.52. The molecule has 1 N–H and O–H groups in total. The molecule has 1 aromatic rings. The maximum absolute atomic E-state index is 12.3. The fourth-order valence-corrected chi connectivity index (χ4v) is 2.42. The molecule has 108 valence electrons. The van der Waals surface area contributed by atoms with Gasteiger partial charge in [0.1, 0.15) is 15.6 Å². The molecule has 0 aliphatic rings. The quantitative estimate of drug-likeness (QED) is 0.835. The molecule has 19 heavy (non-hydrogen) atoms. The number of halogens is 2. The van der Waals surface area contributed by atoms with Crippen molar-refractivity contribution in [1.29, 1.82) is 0 Å². The molecule has 4 nitrogen and oxygen atoms in total. The van der Waals surface area contributed by atoms with Crippen LogP contribution < -0.4 is 10.1 Å². The topological polar surface area (TPSA) is 55.4 Å². The summed E-state index contributed by atoms with van der Waals surface area (Å²) in [6, 6.07) is 6.00. The van der Waals surface area contributed by atoms with Crippen LogP contribution in [-0.2, 0) is 9.84 Å². The van der Waals surface area contributed by atoms with Gasteiger partial charge in [0.2, 0.25) is 0 Å². The molecule has 0 saturated heterocycles. The summed E-state index contributed by atoms with van der Waals surface area (Å²) in [5.74, 6) is 0.0342. The van der Waals surface area contributed by atoms with Crippen molar-refractivity contribution in [3.63, 3.8) is 0 Å². The van der Waals surface area contributed by atoms with Crippen LogP contribution in [0, 0.1) is 0 Å². The maximum Gasteiger partial charge on any atom is 0.387 e. The van der Waals surface area contributed by atoms with Crippen LogP contribution in [0.4, 0.5) is 8.78 Å². The van der Waals surface area contributed by atoms with Crippen LogP contribution in [0.1, 0.15) is 18.0 Å². The van der Waals surface area contributed by atoms with Gasteiger partial charge in [0.25, 0.3) is 0 Å². The van der Waals surface area contributed by atoms with E-state index in [-0.39, 0.29) is 17.5 Å². The van der Waals surface area contributed by atoms with E-state index in [1.807, 2.05) is 0 Å². The summed E-state index contributed by atoms with van der Waals surface area (Å²) in [4.78, 5) is 0. The molecule has 1 rings (SSSR count). The van der Waals surface area contributed by atoms with Gasteiger partial charge >= 0.3 is 6.61 Å². The number of ether oxygens (including phenoxy) is 1. The molecule has 7 heteroatoms. The SMILES string of the molecule is CNC(CCS(C)(=O)=O)c1ccccc1OC(F)F. The van der Waals surface area contributed by atoms with E-state index in [1.165, 1.54) is 6.07 Å². The maximum atomic E-state index is 12.3. The summed E-state index contributed by atoms with van der Waals surface area (Å²) in [6.07, 6.45) is 1.43. The second kappa shape index (κ2) is 6.81. The summed E-state index contributed by atoms with van der Waals surface area (Å²) in [6.45, 7) is -2.91. The predicted molar refractivity (Wildman–Crippen MR) is 69.2 cm³/mol. The van der Waals surface area contributed by atoms with Crippen LogP contribution in [-0.4, -0.2) is 34.1 Å². The number of rotatable bonds is 7. The van der Waals surface area contributed by atoms with E-state index in [2.05, 4.69) is 10.1 Å². The van der Waals surface area contributed by atoms with Gasteiger partial charge in [0, 0.05) is 17.9 Å². The van der Waals surface area contributed by atoms with Crippen LogP contribution in [0.3, 0.4) is 0 Å². The molecule has 0 aliphatic carbocycles. The van der Waals surface area contributed by atoms with Gasteiger partial charge in [0.05, 0.1) is 5.75 Å². The van der Waals surface area contributed by atoms with Gasteiger partial charge < -0.3 is 10.1 Å². The smallest absolute Gasteiger partial charge is 0.387 e. The molecule has 1 aromatic carbocycles. The van der Waals surface area contributed by atoms with Crippen LogP contribution in [0.2, 0.25) is 0 Å². The second-order valence-electron chi connectivity index (χ2n) is 4.18. The lowest BCUT2D eigenvalue weighted by molar-refractivity contribution is -0.0507. The third-order valence-electron chi connectivity index (χ3n) is 2.64. The highest BCUT2D eigenvalue weighted by Gasteiger charge is 2.18. The standard InChI is InChI=1S/C12H17F2NO3S/c1-15-10(7-8-19(2,16)17)9-5-3-4-6-11(9)18-12(13)14/h3-6,10,12,15H,7-8H2,1-2H3. The van der Waals surface area contributed by atoms with E-state index >= 15 is 0 Å². The zero-order chi connectivity index (χ0) is 14.5. The van der Waals surface area contributed by atoms with Crippen LogP contribution in [0.25, 0.3) is 0 Å². The van der Waals surface area contributed by atoms with Gasteiger partial charge in [-0.05, 0) is 19.5 Å². The fraction of sp³-hybridized carbons (Fsp3) is 0.500.